The fraction of sp³-hybridized carbons (Fsp3) is 0.471. The lowest BCUT2D eigenvalue weighted by molar-refractivity contribution is 0.262. The Balaban J connectivity index is 2.29. The van der Waals surface area contributed by atoms with Crippen LogP contribution in [0.15, 0.2) is 33.5 Å². The van der Waals surface area contributed by atoms with Crippen LogP contribution in [0.2, 0.25) is 0 Å². The zero-order valence-corrected chi connectivity index (χ0v) is 12.7. The maximum absolute atomic E-state index is 11.3. The summed E-state index contributed by atoms with van der Waals surface area (Å²) < 4.78 is 16.8. The smallest absolute Gasteiger partial charge is 0.336 e. The van der Waals surface area contributed by atoms with Crippen LogP contribution in [0.4, 0.5) is 0 Å². The van der Waals surface area contributed by atoms with Crippen LogP contribution in [-0.2, 0) is 0 Å². The van der Waals surface area contributed by atoms with Crippen molar-refractivity contribution in [3.63, 3.8) is 0 Å². The van der Waals surface area contributed by atoms with E-state index < -0.39 is 0 Å². The van der Waals surface area contributed by atoms with Crippen LogP contribution < -0.4 is 15.1 Å². The Morgan fingerprint density at radius 3 is 2.19 bits per heavy atom. The van der Waals surface area contributed by atoms with Crippen LogP contribution in [0.1, 0.15) is 39.5 Å². The van der Waals surface area contributed by atoms with Crippen LogP contribution in [0.5, 0.6) is 11.5 Å². The van der Waals surface area contributed by atoms with Gasteiger partial charge in [-0.05, 0) is 25.0 Å². The number of hydrogen-bond acceptors (Lipinski definition) is 4. The van der Waals surface area contributed by atoms with Gasteiger partial charge >= 0.3 is 5.63 Å². The van der Waals surface area contributed by atoms with Crippen LogP contribution in [0.25, 0.3) is 11.0 Å². The average molecular weight is 290 g/mol. The standard InChI is InChI=1S/C17H22O4/c1-3-5-9-19-15-11-13-7-8-17(18)21-14(13)12-16(15)20-10-6-4-2/h7-8,11-12H,3-6,9-10H2,1-2H3. The van der Waals surface area contributed by atoms with E-state index in [4.69, 9.17) is 13.9 Å². The molecule has 0 N–H and O–H groups in total. The Kier molecular flexibility index (Phi) is 5.67. The van der Waals surface area contributed by atoms with Crippen LogP contribution in [-0.4, -0.2) is 13.2 Å². The molecule has 2 rings (SSSR count). The molecule has 0 spiro atoms. The topological polar surface area (TPSA) is 48.7 Å². The minimum atomic E-state index is -0.360. The molecule has 0 aliphatic heterocycles. The first-order chi connectivity index (χ1) is 10.2. The highest BCUT2D eigenvalue weighted by molar-refractivity contribution is 5.80. The monoisotopic (exact) mass is 290 g/mol. The molecule has 0 fully saturated rings. The predicted octanol–water partition coefficient (Wildman–Crippen LogP) is 4.15. The summed E-state index contributed by atoms with van der Waals surface area (Å²) in [7, 11) is 0. The van der Waals surface area contributed by atoms with Crippen molar-refractivity contribution in [3.8, 4) is 11.5 Å². The van der Waals surface area contributed by atoms with Crippen LogP contribution >= 0.6 is 0 Å². The predicted molar refractivity (Wildman–Crippen MR) is 83.3 cm³/mol. The van der Waals surface area contributed by atoms with Crippen LogP contribution in [0.3, 0.4) is 0 Å². The van der Waals surface area contributed by atoms with E-state index >= 15 is 0 Å². The summed E-state index contributed by atoms with van der Waals surface area (Å²) in [6.45, 7) is 5.52. The van der Waals surface area contributed by atoms with Crippen molar-refractivity contribution in [1.82, 2.24) is 0 Å². The molecule has 4 nitrogen and oxygen atoms in total. The number of rotatable bonds is 8. The van der Waals surface area contributed by atoms with Crippen molar-refractivity contribution in [2.45, 2.75) is 39.5 Å². The molecule has 21 heavy (non-hydrogen) atoms. The van der Waals surface area contributed by atoms with Gasteiger partial charge in [0.2, 0.25) is 0 Å². The van der Waals surface area contributed by atoms with E-state index in [1.165, 1.54) is 6.07 Å². The van der Waals surface area contributed by atoms with Crippen molar-refractivity contribution in [1.29, 1.82) is 0 Å². The lowest BCUT2D eigenvalue weighted by Crippen LogP contribution is -2.03. The van der Waals surface area contributed by atoms with Gasteiger partial charge in [0.15, 0.2) is 11.5 Å². The highest BCUT2D eigenvalue weighted by Gasteiger charge is 2.09. The molecule has 1 aromatic carbocycles. The van der Waals surface area contributed by atoms with Gasteiger partial charge in [-0.1, -0.05) is 26.7 Å². The van der Waals surface area contributed by atoms with Gasteiger partial charge in [0.05, 0.1) is 13.2 Å². The van der Waals surface area contributed by atoms with E-state index in [0.717, 1.165) is 31.1 Å². The summed E-state index contributed by atoms with van der Waals surface area (Å²) in [5, 5.41) is 0.837. The second-order valence-electron chi connectivity index (χ2n) is 5.00. The van der Waals surface area contributed by atoms with Crippen molar-refractivity contribution in [3.05, 3.63) is 34.7 Å². The molecular formula is C17H22O4. The second-order valence-corrected chi connectivity index (χ2v) is 5.00. The lowest BCUT2D eigenvalue weighted by atomic mass is 10.2. The Morgan fingerprint density at radius 2 is 1.57 bits per heavy atom. The minimum absolute atomic E-state index is 0.360. The maximum atomic E-state index is 11.3. The van der Waals surface area contributed by atoms with E-state index in [2.05, 4.69) is 13.8 Å². The van der Waals surface area contributed by atoms with Crippen molar-refractivity contribution in [2.24, 2.45) is 0 Å². The van der Waals surface area contributed by atoms with Gasteiger partial charge in [-0.3, -0.25) is 0 Å². The third-order valence-electron chi connectivity index (χ3n) is 3.20. The molecule has 0 atom stereocenters. The van der Waals surface area contributed by atoms with Crippen LogP contribution in [0, 0.1) is 0 Å². The molecule has 1 aromatic heterocycles. The Labute approximate surface area is 124 Å². The second kappa shape index (κ2) is 7.72. The van der Waals surface area contributed by atoms with E-state index in [-0.39, 0.29) is 5.63 Å². The van der Waals surface area contributed by atoms with Gasteiger partial charge in [-0.15, -0.1) is 0 Å². The maximum Gasteiger partial charge on any atom is 0.336 e. The largest absolute Gasteiger partial charge is 0.490 e. The van der Waals surface area contributed by atoms with E-state index in [9.17, 15) is 4.79 Å². The molecule has 0 saturated carbocycles. The number of benzene rings is 1. The molecule has 0 saturated heterocycles. The Morgan fingerprint density at radius 1 is 0.952 bits per heavy atom. The molecule has 0 unspecified atom stereocenters. The quantitative estimate of drug-likeness (QED) is 0.541. The molecule has 2 aromatic rings. The summed E-state index contributed by atoms with van der Waals surface area (Å²) in [4.78, 5) is 11.3. The van der Waals surface area contributed by atoms with Gasteiger partial charge < -0.3 is 13.9 Å². The molecule has 1 heterocycles. The summed E-state index contributed by atoms with van der Waals surface area (Å²) in [5.74, 6) is 1.35. The first-order valence-electron chi connectivity index (χ1n) is 7.58. The van der Waals surface area contributed by atoms with Crippen molar-refractivity contribution >= 4 is 11.0 Å². The summed E-state index contributed by atoms with van der Waals surface area (Å²) >= 11 is 0. The molecular weight excluding hydrogens is 268 g/mol. The molecule has 0 bridgehead atoms. The molecule has 0 amide bonds. The SMILES string of the molecule is CCCCOc1cc2ccc(=O)oc2cc1OCCCC. The first kappa shape index (κ1) is 15.4. The number of fused-ring (bicyclic) bond motifs is 1. The fourth-order valence-electron chi connectivity index (χ4n) is 1.95. The number of hydrogen-bond donors (Lipinski definition) is 0. The minimum Gasteiger partial charge on any atom is -0.490 e. The van der Waals surface area contributed by atoms with Gasteiger partial charge in [0, 0.05) is 17.5 Å². The van der Waals surface area contributed by atoms with E-state index in [1.54, 1.807) is 12.1 Å². The molecule has 4 heteroatoms. The van der Waals surface area contributed by atoms with Gasteiger partial charge in [0.25, 0.3) is 0 Å². The van der Waals surface area contributed by atoms with E-state index in [1.807, 2.05) is 6.07 Å². The van der Waals surface area contributed by atoms with Gasteiger partial charge in [-0.2, -0.15) is 0 Å². The fourth-order valence-corrected chi connectivity index (χ4v) is 1.95. The summed E-state index contributed by atoms with van der Waals surface area (Å²) in [5.41, 5.74) is 0.165. The number of ether oxygens (including phenoxy) is 2. The lowest BCUT2D eigenvalue weighted by Gasteiger charge is -2.13. The third kappa shape index (κ3) is 4.25. The summed E-state index contributed by atoms with van der Waals surface area (Å²) in [6.07, 6.45) is 4.12. The average Bonchev–Trinajstić information content (AvgIpc) is 2.48. The zero-order valence-electron chi connectivity index (χ0n) is 12.7. The first-order valence-corrected chi connectivity index (χ1v) is 7.58. The molecule has 114 valence electrons. The highest BCUT2D eigenvalue weighted by atomic mass is 16.5. The van der Waals surface area contributed by atoms with Gasteiger partial charge in [0.1, 0.15) is 5.58 Å². The van der Waals surface area contributed by atoms with Crippen molar-refractivity contribution < 1.29 is 13.9 Å². The van der Waals surface area contributed by atoms with Gasteiger partial charge in [-0.25, -0.2) is 4.79 Å². The van der Waals surface area contributed by atoms with Crippen molar-refractivity contribution in [2.75, 3.05) is 13.2 Å². The number of unbranched alkanes of at least 4 members (excludes halogenated alkanes) is 2. The summed E-state index contributed by atoms with van der Waals surface area (Å²) in [6, 6.07) is 6.77. The highest BCUT2D eigenvalue weighted by Crippen LogP contribution is 2.32. The normalized spacial score (nSPS) is 10.8. The zero-order chi connectivity index (χ0) is 15.1. The molecule has 0 radical (unpaired) electrons. The Hall–Kier alpha value is -1.97. The Bertz CT molecular complexity index is 630. The molecule has 0 aliphatic rings. The third-order valence-corrected chi connectivity index (χ3v) is 3.20. The molecule has 0 aliphatic carbocycles. The van der Waals surface area contributed by atoms with E-state index in [0.29, 0.717) is 30.3 Å².